The van der Waals surface area contributed by atoms with E-state index in [9.17, 15) is 9.59 Å². The highest BCUT2D eigenvalue weighted by Gasteiger charge is 2.16. The summed E-state index contributed by atoms with van der Waals surface area (Å²) in [4.78, 5) is 29.0. The van der Waals surface area contributed by atoms with Crippen LogP contribution in [0.25, 0.3) is 10.9 Å². The number of ether oxygens (including phenoxy) is 2. The van der Waals surface area contributed by atoms with Gasteiger partial charge in [-0.1, -0.05) is 22.9 Å². The van der Waals surface area contributed by atoms with Gasteiger partial charge in [0, 0.05) is 10.9 Å². The molecule has 0 bridgehead atoms. The van der Waals surface area contributed by atoms with Gasteiger partial charge < -0.3 is 9.47 Å². The minimum Gasteiger partial charge on any atom is -0.478 e. The van der Waals surface area contributed by atoms with Crippen molar-refractivity contribution in [2.24, 2.45) is 5.10 Å². The summed E-state index contributed by atoms with van der Waals surface area (Å²) in [5.74, 6) is 0.597. The number of carbonyl (C=O) groups excluding carboxylic acids is 1. The van der Waals surface area contributed by atoms with Gasteiger partial charge in [-0.3, -0.25) is 4.79 Å². The zero-order valence-electron chi connectivity index (χ0n) is 16.6. The lowest BCUT2D eigenvalue weighted by Crippen LogP contribution is -2.25. The summed E-state index contributed by atoms with van der Waals surface area (Å²) in [7, 11) is 1.31. The lowest BCUT2D eigenvalue weighted by atomic mass is 10.2. The molecule has 0 saturated heterocycles. The lowest BCUT2D eigenvalue weighted by Gasteiger charge is -2.14. The number of carbonyl (C=O) groups is 1. The fraction of sp³-hybridized carbons (Fsp3) is 0.238. The van der Waals surface area contributed by atoms with Crippen LogP contribution in [-0.2, 0) is 16.0 Å². The smallest absolute Gasteiger partial charge is 0.346 e. The van der Waals surface area contributed by atoms with Gasteiger partial charge in [-0.25, -0.2) is 9.78 Å². The first-order chi connectivity index (χ1) is 14.3. The predicted molar refractivity (Wildman–Crippen MR) is 122 cm³/mol. The van der Waals surface area contributed by atoms with Crippen LogP contribution < -0.4 is 10.3 Å². The Bertz CT molecular complexity index is 1190. The van der Waals surface area contributed by atoms with E-state index in [1.165, 1.54) is 11.8 Å². The van der Waals surface area contributed by atoms with Gasteiger partial charge >= 0.3 is 5.97 Å². The van der Waals surface area contributed by atoms with Gasteiger partial charge in [0.25, 0.3) is 5.56 Å². The highest BCUT2D eigenvalue weighted by molar-refractivity contribution is 9.10. The van der Waals surface area contributed by atoms with Crippen molar-refractivity contribution in [2.75, 3.05) is 7.11 Å². The molecular formula is C21H19Br2N3O4. The number of nitrogens with zero attached hydrogens (tertiary/aromatic N) is 3. The average Bonchev–Trinajstić information content (AvgIpc) is 2.74. The molecule has 2 aromatic carbocycles. The summed E-state index contributed by atoms with van der Waals surface area (Å²) in [6, 6.07) is 10.7. The Morgan fingerprint density at radius 2 is 2.03 bits per heavy atom. The number of hydrogen-bond acceptors (Lipinski definition) is 6. The van der Waals surface area contributed by atoms with Crippen molar-refractivity contribution in [2.45, 2.75) is 26.4 Å². The largest absolute Gasteiger partial charge is 0.478 e. The number of rotatable bonds is 6. The normalized spacial score (nSPS) is 12.3. The lowest BCUT2D eigenvalue weighted by molar-refractivity contribution is -0.147. The molecule has 1 aromatic heterocycles. The summed E-state index contributed by atoms with van der Waals surface area (Å²) in [6.07, 6.45) is 1.39. The van der Waals surface area contributed by atoms with Crippen LogP contribution in [0.3, 0.4) is 0 Å². The second-order valence-corrected chi connectivity index (χ2v) is 8.15. The minimum atomic E-state index is -0.737. The third-order valence-electron chi connectivity index (χ3n) is 4.31. The standard InChI is InChI=1S/C21H19Br2N3O4/c1-4-19-25-17-7-6-14(22)10-15(17)20(27)26(19)24-11-13-5-8-18(16(23)9-13)30-12(2)21(28)29-3/h5-12H,4H2,1-3H3/t12-/m0/s1. The van der Waals surface area contributed by atoms with Crippen molar-refractivity contribution in [1.82, 2.24) is 9.66 Å². The fourth-order valence-electron chi connectivity index (χ4n) is 2.76. The molecule has 0 unspecified atom stereocenters. The molecule has 7 nitrogen and oxygen atoms in total. The summed E-state index contributed by atoms with van der Waals surface area (Å²) in [6.45, 7) is 3.53. The Balaban J connectivity index is 1.93. The van der Waals surface area contributed by atoms with Gasteiger partial charge in [0.1, 0.15) is 11.6 Å². The second-order valence-electron chi connectivity index (χ2n) is 6.38. The Labute approximate surface area is 190 Å². The van der Waals surface area contributed by atoms with E-state index in [1.54, 1.807) is 43.5 Å². The summed E-state index contributed by atoms with van der Waals surface area (Å²) in [5, 5.41) is 4.85. The molecule has 0 fully saturated rings. The topological polar surface area (TPSA) is 82.8 Å². The number of halogens is 2. The summed E-state index contributed by atoms with van der Waals surface area (Å²) >= 11 is 6.82. The zero-order chi connectivity index (χ0) is 21.8. The average molecular weight is 537 g/mol. The van der Waals surface area contributed by atoms with Gasteiger partial charge in [0.2, 0.25) is 0 Å². The van der Waals surface area contributed by atoms with E-state index >= 15 is 0 Å². The number of benzene rings is 2. The van der Waals surface area contributed by atoms with Gasteiger partial charge in [-0.2, -0.15) is 9.78 Å². The Morgan fingerprint density at radius 3 is 2.70 bits per heavy atom. The Kier molecular flexibility index (Phi) is 7.04. The molecule has 0 aliphatic heterocycles. The molecule has 0 aliphatic carbocycles. The SMILES string of the molecule is CCc1nc2ccc(Br)cc2c(=O)n1N=Cc1ccc(O[C@@H](C)C(=O)OC)c(Br)c1. The summed E-state index contributed by atoms with van der Waals surface area (Å²) in [5.41, 5.74) is 1.14. The highest BCUT2D eigenvalue weighted by atomic mass is 79.9. The van der Waals surface area contributed by atoms with E-state index in [0.717, 1.165) is 10.0 Å². The summed E-state index contributed by atoms with van der Waals surface area (Å²) < 4.78 is 13.0. The second kappa shape index (κ2) is 9.53. The molecule has 0 saturated carbocycles. The van der Waals surface area contributed by atoms with Crippen molar-refractivity contribution in [3.8, 4) is 5.75 Å². The number of aromatic nitrogens is 2. The number of aryl methyl sites for hydroxylation is 1. The van der Waals surface area contributed by atoms with Crippen LogP contribution in [0.2, 0.25) is 0 Å². The highest BCUT2D eigenvalue weighted by Crippen LogP contribution is 2.26. The van der Waals surface area contributed by atoms with E-state index < -0.39 is 12.1 Å². The van der Waals surface area contributed by atoms with Crippen LogP contribution in [-0.4, -0.2) is 35.1 Å². The van der Waals surface area contributed by atoms with Gasteiger partial charge in [0.15, 0.2) is 6.10 Å². The van der Waals surface area contributed by atoms with Gasteiger partial charge in [-0.05, 0) is 64.8 Å². The third-order valence-corrected chi connectivity index (χ3v) is 5.42. The van der Waals surface area contributed by atoms with Crippen molar-refractivity contribution in [1.29, 1.82) is 0 Å². The van der Waals surface area contributed by atoms with Crippen molar-refractivity contribution >= 4 is 54.9 Å². The molecule has 0 spiro atoms. The monoisotopic (exact) mass is 535 g/mol. The predicted octanol–water partition coefficient (Wildman–Crippen LogP) is 4.31. The van der Waals surface area contributed by atoms with Crippen molar-refractivity contribution < 1.29 is 14.3 Å². The van der Waals surface area contributed by atoms with Crippen LogP contribution in [0.15, 0.2) is 55.2 Å². The Morgan fingerprint density at radius 1 is 1.27 bits per heavy atom. The molecule has 30 heavy (non-hydrogen) atoms. The zero-order valence-corrected chi connectivity index (χ0v) is 19.7. The molecule has 0 radical (unpaired) electrons. The van der Waals surface area contributed by atoms with Crippen molar-refractivity contribution in [3.63, 3.8) is 0 Å². The van der Waals surface area contributed by atoms with Gasteiger partial charge in [0.05, 0.1) is 28.7 Å². The number of methoxy groups -OCH3 is 1. The van der Waals surface area contributed by atoms with Gasteiger partial charge in [-0.15, -0.1) is 0 Å². The number of esters is 1. The number of hydrogen-bond donors (Lipinski definition) is 0. The molecule has 9 heteroatoms. The molecule has 0 N–H and O–H groups in total. The van der Waals surface area contributed by atoms with E-state index in [1.807, 2.05) is 13.0 Å². The van der Waals surface area contributed by atoms with Crippen LogP contribution in [0, 0.1) is 0 Å². The maximum atomic E-state index is 12.9. The quantitative estimate of drug-likeness (QED) is 0.346. The van der Waals surface area contributed by atoms with Crippen LogP contribution in [0.5, 0.6) is 5.75 Å². The molecule has 0 aliphatic rings. The minimum absolute atomic E-state index is 0.236. The van der Waals surface area contributed by atoms with E-state index in [2.05, 4.69) is 46.7 Å². The maximum absolute atomic E-state index is 12.9. The van der Waals surface area contributed by atoms with Crippen LogP contribution in [0.4, 0.5) is 0 Å². The fourth-order valence-corrected chi connectivity index (χ4v) is 3.62. The molecular weight excluding hydrogens is 518 g/mol. The first-order valence-corrected chi connectivity index (χ1v) is 10.7. The van der Waals surface area contributed by atoms with E-state index in [4.69, 9.17) is 4.74 Å². The molecule has 156 valence electrons. The molecule has 3 rings (SSSR count). The third kappa shape index (κ3) is 4.79. The first-order valence-electron chi connectivity index (χ1n) is 9.13. The molecule has 0 amide bonds. The molecule has 1 heterocycles. The number of fused-ring (bicyclic) bond motifs is 1. The first kappa shape index (κ1) is 22.2. The van der Waals surface area contributed by atoms with E-state index in [-0.39, 0.29) is 5.56 Å². The molecule has 1 atom stereocenters. The molecule has 3 aromatic rings. The van der Waals surface area contributed by atoms with Crippen molar-refractivity contribution in [3.05, 3.63) is 67.1 Å². The maximum Gasteiger partial charge on any atom is 0.346 e. The van der Waals surface area contributed by atoms with E-state index in [0.29, 0.717) is 33.4 Å². The van der Waals surface area contributed by atoms with Crippen LogP contribution >= 0.6 is 31.9 Å². The Hall–Kier alpha value is -2.52. The van der Waals surface area contributed by atoms with Crippen LogP contribution in [0.1, 0.15) is 25.2 Å².